The van der Waals surface area contributed by atoms with Gasteiger partial charge in [-0.2, -0.15) is 0 Å². The lowest BCUT2D eigenvalue weighted by Gasteiger charge is -2.57. The van der Waals surface area contributed by atoms with E-state index < -0.39 is 17.1 Å². The van der Waals surface area contributed by atoms with Gasteiger partial charge in [0.2, 0.25) is 11.8 Å². The van der Waals surface area contributed by atoms with E-state index in [1.54, 1.807) is 23.9 Å². The molecule has 5 heterocycles. The number of carbonyl (C=O) groups is 2. The number of rotatable bonds is 0. The zero-order valence-electron chi connectivity index (χ0n) is 11.6. The number of hydrogen-bond acceptors (Lipinski definition) is 3. The molecule has 5 atom stereocenters. The molecular weight excluding hydrogens is 256 g/mol. The van der Waals surface area contributed by atoms with Crippen molar-refractivity contribution in [3.63, 3.8) is 0 Å². The number of aliphatic hydroxyl groups excluding tert-OH is 1. The average molecular weight is 274 g/mol. The van der Waals surface area contributed by atoms with Crippen molar-refractivity contribution in [1.29, 1.82) is 0 Å². The summed E-state index contributed by atoms with van der Waals surface area (Å²) in [6.07, 6.45) is 8.14. The maximum Gasteiger partial charge on any atom is 0.238 e. The topological polar surface area (TPSA) is 60.9 Å². The van der Waals surface area contributed by atoms with Gasteiger partial charge in [-0.1, -0.05) is 24.3 Å². The molecule has 5 aliphatic heterocycles. The first-order chi connectivity index (χ1) is 9.45. The van der Waals surface area contributed by atoms with Crippen molar-refractivity contribution in [3.8, 4) is 0 Å². The smallest absolute Gasteiger partial charge is 0.238 e. The van der Waals surface area contributed by atoms with E-state index in [1.807, 2.05) is 24.3 Å². The molecule has 1 N–H and O–H groups in total. The van der Waals surface area contributed by atoms with Crippen LogP contribution >= 0.6 is 0 Å². The number of carbonyl (C=O) groups excluding carboxylic acids is 2. The van der Waals surface area contributed by atoms with Gasteiger partial charge in [0.1, 0.15) is 5.41 Å². The standard InChI is InChI=1S/C15H18N2O3/c1-16-10-4-8-15(13(16)20)11(18)5-7-14(15)6-3-9(10)12(19)17(14)2/h3-4,6,8-11,18H,5,7H2,1-2H3/t9-,10-,11+,14-,15+/m1/s1. The monoisotopic (exact) mass is 274 g/mol. The molecule has 0 aromatic carbocycles. The van der Waals surface area contributed by atoms with Gasteiger partial charge in [-0.3, -0.25) is 9.59 Å². The molecule has 1 saturated carbocycles. The third kappa shape index (κ3) is 0.965. The Morgan fingerprint density at radius 3 is 2.75 bits per heavy atom. The maximum atomic E-state index is 13.0. The highest BCUT2D eigenvalue weighted by molar-refractivity contribution is 5.96. The zero-order valence-corrected chi connectivity index (χ0v) is 11.6. The molecular formula is C15H18N2O3. The highest BCUT2D eigenvalue weighted by Gasteiger charge is 2.69. The van der Waals surface area contributed by atoms with Gasteiger partial charge in [0.15, 0.2) is 0 Å². The molecule has 0 unspecified atom stereocenters. The summed E-state index contributed by atoms with van der Waals surface area (Å²) in [5.74, 6) is -0.338. The molecule has 0 aromatic heterocycles. The van der Waals surface area contributed by atoms with Crippen LogP contribution in [-0.2, 0) is 9.59 Å². The van der Waals surface area contributed by atoms with E-state index in [0.29, 0.717) is 12.8 Å². The molecule has 5 nitrogen and oxygen atoms in total. The molecule has 0 aromatic rings. The molecule has 2 aliphatic carbocycles. The van der Waals surface area contributed by atoms with Gasteiger partial charge in [0.05, 0.1) is 23.6 Å². The van der Waals surface area contributed by atoms with Gasteiger partial charge < -0.3 is 14.9 Å². The van der Waals surface area contributed by atoms with Crippen LogP contribution in [0.15, 0.2) is 24.3 Å². The highest BCUT2D eigenvalue weighted by Crippen LogP contribution is 2.58. The second kappa shape index (κ2) is 3.34. The van der Waals surface area contributed by atoms with Crippen LogP contribution in [0.3, 0.4) is 0 Å². The largest absolute Gasteiger partial charge is 0.392 e. The Morgan fingerprint density at radius 1 is 1.25 bits per heavy atom. The molecule has 4 bridgehead atoms. The molecule has 20 heavy (non-hydrogen) atoms. The quantitative estimate of drug-likeness (QED) is 0.629. The minimum absolute atomic E-state index is 0.0414. The van der Waals surface area contributed by atoms with Crippen molar-refractivity contribution in [3.05, 3.63) is 24.3 Å². The first-order valence-electron chi connectivity index (χ1n) is 7.07. The van der Waals surface area contributed by atoms with Crippen molar-refractivity contribution in [1.82, 2.24) is 9.80 Å². The second-order valence-corrected chi connectivity index (χ2v) is 6.40. The lowest BCUT2D eigenvalue weighted by Crippen LogP contribution is -2.72. The molecule has 2 fully saturated rings. The fourth-order valence-electron chi connectivity index (χ4n) is 4.71. The summed E-state index contributed by atoms with van der Waals surface area (Å²) in [5.41, 5.74) is -1.74. The van der Waals surface area contributed by atoms with E-state index >= 15 is 0 Å². The summed E-state index contributed by atoms with van der Waals surface area (Å²) >= 11 is 0. The second-order valence-electron chi connectivity index (χ2n) is 6.40. The number of nitrogens with zero attached hydrogens (tertiary/aromatic N) is 2. The summed E-state index contributed by atoms with van der Waals surface area (Å²) in [7, 11) is 3.50. The highest BCUT2D eigenvalue weighted by atomic mass is 16.3. The molecule has 2 spiro atoms. The normalized spacial score (nSPS) is 48.9. The van der Waals surface area contributed by atoms with E-state index in [-0.39, 0.29) is 23.8 Å². The SMILES string of the molecule is CN1C(=O)[C@@]23C=C[C@@H]1[C@H]1C=C[C@]2(CC[C@@H]3O)N(C)C1=O. The van der Waals surface area contributed by atoms with Gasteiger partial charge >= 0.3 is 0 Å². The Balaban J connectivity index is 2.08. The van der Waals surface area contributed by atoms with E-state index in [4.69, 9.17) is 0 Å². The van der Waals surface area contributed by atoms with Crippen LogP contribution in [-0.4, -0.2) is 58.5 Å². The molecule has 1 saturated heterocycles. The van der Waals surface area contributed by atoms with Gasteiger partial charge in [-0.05, 0) is 12.8 Å². The first-order valence-corrected chi connectivity index (χ1v) is 7.07. The summed E-state index contributed by atoms with van der Waals surface area (Å²) < 4.78 is 0. The van der Waals surface area contributed by atoms with Crippen LogP contribution in [0, 0.1) is 11.3 Å². The molecule has 7 aliphatic rings. The van der Waals surface area contributed by atoms with Gasteiger partial charge in [0.25, 0.3) is 0 Å². The third-order valence-corrected chi connectivity index (χ3v) is 5.88. The first kappa shape index (κ1) is 12.1. The fourth-order valence-corrected chi connectivity index (χ4v) is 4.71. The Kier molecular flexibility index (Phi) is 2.03. The maximum absolute atomic E-state index is 13.0. The number of likely N-dealkylation sites (N-methyl/N-ethyl adjacent to an activating group) is 2. The van der Waals surface area contributed by atoms with Gasteiger partial charge in [-0.15, -0.1) is 0 Å². The number of amides is 2. The van der Waals surface area contributed by atoms with Crippen molar-refractivity contribution >= 4 is 11.8 Å². The van der Waals surface area contributed by atoms with Crippen LogP contribution in [0.5, 0.6) is 0 Å². The van der Waals surface area contributed by atoms with Crippen LogP contribution < -0.4 is 0 Å². The zero-order chi connectivity index (χ0) is 14.3. The molecule has 5 heteroatoms. The van der Waals surface area contributed by atoms with Crippen molar-refractivity contribution in [2.24, 2.45) is 11.3 Å². The molecule has 106 valence electrons. The molecule has 7 rings (SSSR count). The van der Waals surface area contributed by atoms with Crippen LogP contribution in [0.2, 0.25) is 0 Å². The predicted octanol–water partition coefficient (Wildman–Crippen LogP) is -0.0789. The molecule has 2 amide bonds. The predicted molar refractivity (Wildman–Crippen MR) is 71.5 cm³/mol. The van der Waals surface area contributed by atoms with Crippen molar-refractivity contribution in [2.45, 2.75) is 30.5 Å². The van der Waals surface area contributed by atoms with Crippen molar-refractivity contribution in [2.75, 3.05) is 14.1 Å². The summed E-state index contributed by atoms with van der Waals surface area (Å²) in [6.45, 7) is 0. The number of hydrogen-bond donors (Lipinski definition) is 1. The minimum Gasteiger partial charge on any atom is -0.392 e. The van der Waals surface area contributed by atoms with Gasteiger partial charge in [-0.25, -0.2) is 0 Å². The Morgan fingerprint density at radius 2 is 2.00 bits per heavy atom. The Labute approximate surface area is 117 Å². The van der Waals surface area contributed by atoms with E-state index in [9.17, 15) is 14.7 Å². The Bertz CT molecular complexity index is 584. The van der Waals surface area contributed by atoms with E-state index in [0.717, 1.165) is 0 Å². The average Bonchev–Trinajstić information content (AvgIpc) is 2.67. The van der Waals surface area contributed by atoms with E-state index in [2.05, 4.69) is 0 Å². The minimum atomic E-state index is -1.02. The number of aliphatic hydroxyl groups is 1. The summed E-state index contributed by atoms with van der Waals surface area (Å²) in [6, 6.07) is -0.245. The summed E-state index contributed by atoms with van der Waals surface area (Å²) in [5, 5.41) is 10.6. The Hall–Kier alpha value is -1.62. The van der Waals surface area contributed by atoms with Crippen LogP contribution in [0.25, 0.3) is 0 Å². The summed E-state index contributed by atoms with van der Waals surface area (Å²) in [4.78, 5) is 29.0. The lowest BCUT2D eigenvalue weighted by molar-refractivity contribution is -0.165. The van der Waals surface area contributed by atoms with Gasteiger partial charge in [0, 0.05) is 14.1 Å². The van der Waals surface area contributed by atoms with Crippen LogP contribution in [0.4, 0.5) is 0 Å². The lowest BCUT2D eigenvalue weighted by atomic mass is 9.61. The van der Waals surface area contributed by atoms with Crippen LogP contribution in [0.1, 0.15) is 12.8 Å². The van der Waals surface area contributed by atoms with Crippen molar-refractivity contribution < 1.29 is 14.7 Å². The third-order valence-electron chi connectivity index (χ3n) is 5.88. The van der Waals surface area contributed by atoms with E-state index in [1.165, 1.54) is 0 Å². The molecule has 0 radical (unpaired) electrons. The fraction of sp³-hybridized carbons (Fsp3) is 0.600.